The fourth-order valence-corrected chi connectivity index (χ4v) is 2.02. The number of carbonyl (C=O) groups excluding carboxylic acids is 1. The first-order valence-corrected chi connectivity index (χ1v) is 6.07. The van der Waals surface area contributed by atoms with Crippen molar-refractivity contribution in [1.82, 2.24) is 9.97 Å². The summed E-state index contributed by atoms with van der Waals surface area (Å²) < 4.78 is 0. The fourth-order valence-electron chi connectivity index (χ4n) is 2.02. The lowest BCUT2D eigenvalue weighted by Gasteiger charge is -2.06. The smallest absolute Gasteiger partial charge is 0.170 e. The molecule has 2 aromatic carbocycles. The van der Waals surface area contributed by atoms with Crippen molar-refractivity contribution in [3.8, 4) is 11.3 Å². The lowest BCUT2D eigenvalue weighted by Crippen LogP contribution is -1.97. The number of fused-ring (bicyclic) bond motifs is 1. The van der Waals surface area contributed by atoms with Crippen LogP contribution in [0, 0.1) is 6.92 Å². The van der Waals surface area contributed by atoms with Crippen molar-refractivity contribution in [2.75, 3.05) is 0 Å². The van der Waals surface area contributed by atoms with Crippen LogP contribution in [-0.2, 0) is 0 Å². The van der Waals surface area contributed by atoms with Crippen molar-refractivity contribution in [2.24, 2.45) is 0 Å². The van der Waals surface area contributed by atoms with Gasteiger partial charge in [0.2, 0.25) is 0 Å². The van der Waals surface area contributed by atoms with Crippen molar-refractivity contribution >= 4 is 17.3 Å². The van der Waals surface area contributed by atoms with Crippen molar-refractivity contribution < 1.29 is 4.79 Å². The van der Waals surface area contributed by atoms with E-state index in [1.807, 2.05) is 55.5 Å². The molecule has 0 saturated carbocycles. The van der Waals surface area contributed by atoms with Crippen molar-refractivity contribution in [1.29, 1.82) is 0 Å². The van der Waals surface area contributed by atoms with Crippen molar-refractivity contribution in [2.45, 2.75) is 6.92 Å². The maximum absolute atomic E-state index is 11.2. The Kier molecular flexibility index (Phi) is 2.80. The minimum absolute atomic E-state index is 0.377. The van der Waals surface area contributed by atoms with Gasteiger partial charge in [0.1, 0.15) is 11.4 Å². The highest BCUT2D eigenvalue weighted by Gasteiger charge is 2.09. The van der Waals surface area contributed by atoms with Crippen LogP contribution in [0.4, 0.5) is 0 Å². The third-order valence-electron chi connectivity index (χ3n) is 3.03. The second-order valence-corrected chi connectivity index (χ2v) is 4.43. The Morgan fingerprint density at radius 3 is 2.16 bits per heavy atom. The number of benzene rings is 2. The quantitative estimate of drug-likeness (QED) is 0.653. The number of rotatable bonds is 2. The molecule has 3 heteroatoms. The molecule has 0 unspecified atom stereocenters. The van der Waals surface area contributed by atoms with Crippen LogP contribution < -0.4 is 0 Å². The van der Waals surface area contributed by atoms with Gasteiger partial charge in [-0.1, -0.05) is 42.0 Å². The number of nitrogens with zero attached hydrogens (tertiary/aromatic N) is 2. The van der Waals surface area contributed by atoms with Crippen molar-refractivity contribution in [3.63, 3.8) is 0 Å². The molecule has 3 rings (SSSR count). The molecule has 0 aliphatic carbocycles. The SMILES string of the molecule is Cc1ccc(-c2nc3ccccc3nc2C=O)cc1. The van der Waals surface area contributed by atoms with Gasteiger partial charge in [0.05, 0.1) is 11.0 Å². The van der Waals surface area contributed by atoms with Gasteiger partial charge in [0, 0.05) is 5.56 Å². The molecule has 0 amide bonds. The van der Waals surface area contributed by atoms with Gasteiger partial charge in [0.15, 0.2) is 6.29 Å². The van der Waals surface area contributed by atoms with E-state index in [0.29, 0.717) is 11.4 Å². The summed E-state index contributed by atoms with van der Waals surface area (Å²) in [6.45, 7) is 2.02. The Morgan fingerprint density at radius 1 is 0.895 bits per heavy atom. The maximum Gasteiger partial charge on any atom is 0.170 e. The molecule has 0 bridgehead atoms. The van der Waals surface area contributed by atoms with Crippen LogP contribution in [0.3, 0.4) is 0 Å². The highest BCUT2D eigenvalue weighted by Crippen LogP contribution is 2.22. The second kappa shape index (κ2) is 4.61. The Balaban J connectivity index is 2.26. The van der Waals surface area contributed by atoms with Gasteiger partial charge in [-0.15, -0.1) is 0 Å². The predicted molar refractivity (Wildman–Crippen MR) is 75.1 cm³/mol. The molecule has 0 spiro atoms. The van der Waals surface area contributed by atoms with Gasteiger partial charge in [0.25, 0.3) is 0 Å². The van der Waals surface area contributed by atoms with Gasteiger partial charge < -0.3 is 0 Å². The Hall–Kier alpha value is -2.55. The molecule has 0 saturated heterocycles. The largest absolute Gasteiger partial charge is 0.296 e. The maximum atomic E-state index is 11.2. The molecular formula is C16H12N2O. The van der Waals surface area contributed by atoms with Gasteiger partial charge in [-0.25, -0.2) is 9.97 Å². The average Bonchev–Trinajstić information content (AvgIpc) is 2.46. The highest BCUT2D eigenvalue weighted by atomic mass is 16.1. The normalized spacial score (nSPS) is 10.6. The zero-order valence-electron chi connectivity index (χ0n) is 10.5. The third kappa shape index (κ3) is 2.10. The molecule has 0 atom stereocenters. The Labute approximate surface area is 111 Å². The van der Waals surface area contributed by atoms with E-state index in [0.717, 1.165) is 22.9 Å². The van der Waals surface area contributed by atoms with Crippen LogP contribution in [0.15, 0.2) is 48.5 Å². The zero-order valence-corrected chi connectivity index (χ0v) is 10.5. The average molecular weight is 248 g/mol. The summed E-state index contributed by atoms with van der Waals surface area (Å²) in [4.78, 5) is 20.1. The van der Waals surface area contributed by atoms with Crippen molar-refractivity contribution in [3.05, 3.63) is 59.8 Å². The van der Waals surface area contributed by atoms with E-state index in [9.17, 15) is 4.79 Å². The number of hydrogen-bond donors (Lipinski definition) is 0. The summed E-state index contributed by atoms with van der Waals surface area (Å²) in [5, 5.41) is 0. The summed E-state index contributed by atoms with van der Waals surface area (Å²) in [6, 6.07) is 15.5. The lowest BCUT2D eigenvalue weighted by molar-refractivity contribution is 0.111. The van der Waals surface area contributed by atoms with Crippen LogP contribution in [0.25, 0.3) is 22.3 Å². The minimum atomic E-state index is 0.377. The van der Waals surface area contributed by atoms with Gasteiger partial charge >= 0.3 is 0 Å². The monoisotopic (exact) mass is 248 g/mol. The summed E-state index contributed by atoms with van der Waals surface area (Å²) in [5.41, 5.74) is 4.62. The highest BCUT2D eigenvalue weighted by molar-refractivity contribution is 5.88. The van der Waals surface area contributed by atoms with E-state index < -0.39 is 0 Å². The number of hydrogen-bond acceptors (Lipinski definition) is 3. The van der Waals surface area contributed by atoms with Crippen LogP contribution in [0.1, 0.15) is 16.1 Å². The molecule has 0 radical (unpaired) electrons. The van der Waals surface area contributed by atoms with Gasteiger partial charge in [-0.05, 0) is 19.1 Å². The molecule has 0 aliphatic heterocycles. The van der Waals surface area contributed by atoms with E-state index in [4.69, 9.17) is 0 Å². The molecule has 19 heavy (non-hydrogen) atoms. The van der Waals surface area contributed by atoms with Crippen LogP contribution in [0.5, 0.6) is 0 Å². The molecule has 1 aromatic heterocycles. The molecule has 3 nitrogen and oxygen atoms in total. The third-order valence-corrected chi connectivity index (χ3v) is 3.03. The van der Waals surface area contributed by atoms with E-state index in [1.165, 1.54) is 5.56 Å². The zero-order chi connectivity index (χ0) is 13.2. The number of para-hydroxylation sites is 2. The van der Waals surface area contributed by atoms with E-state index >= 15 is 0 Å². The molecule has 0 N–H and O–H groups in total. The predicted octanol–water partition coefficient (Wildman–Crippen LogP) is 3.42. The second-order valence-electron chi connectivity index (χ2n) is 4.43. The molecule has 3 aromatic rings. The first-order valence-electron chi connectivity index (χ1n) is 6.07. The molecule has 1 heterocycles. The van der Waals surface area contributed by atoms with Crippen LogP contribution in [0.2, 0.25) is 0 Å². The fraction of sp³-hybridized carbons (Fsp3) is 0.0625. The Bertz CT molecular complexity index is 748. The Morgan fingerprint density at radius 2 is 1.53 bits per heavy atom. The van der Waals surface area contributed by atoms with E-state index in [2.05, 4.69) is 9.97 Å². The van der Waals surface area contributed by atoms with E-state index in [1.54, 1.807) is 0 Å². The first-order chi connectivity index (χ1) is 9.28. The molecule has 0 aliphatic rings. The van der Waals surface area contributed by atoms with Gasteiger partial charge in [-0.3, -0.25) is 4.79 Å². The summed E-state index contributed by atoms with van der Waals surface area (Å²) in [6.07, 6.45) is 0.759. The summed E-state index contributed by atoms with van der Waals surface area (Å²) in [5.74, 6) is 0. The first kappa shape index (κ1) is 11.5. The molecule has 0 fully saturated rings. The number of aldehydes is 1. The molecule has 92 valence electrons. The summed E-state index contributed by atoms with van der Waals surface area (Å²) in [7, 11) is 0. The van der Waals surface area contributed by atoms with Crippen LogP contribution in [-0.4, -0.2) is 16.3 Å². The lowest BCUT2D eigenvalue weighted by atomic mass is 10.1. The topological polar surface area (TPSA) is 42.9 Å². The standard InChI is InChI=1S/C16H12N2O/c1-11-6-8-12(9-7-11)16-15(10-19)17-13-4-2-3-5-14(13)18-16/h2-10H,1H3. The minimum Gasteiger partial charge on any atom is -0.296 e. The number of carbonyl (C=O) groups is 1. The number of aromatic nitrogens is 2. The number of aryl methyl sites for hydroxylation is 1. The van der Waals surface area contributed by atoms with E-state index in [-0.39, 0.29) is 0 Å². The summed E-state index contributed by atoms with van der Waals surface area (Å²) >= 11 is 0. The van der Waals surface area contributed by atoms with Gasteiger partial charge in [-0.2, -0.15) is 0 Å². The molecular weight excluding hydrogens is 236 g/mol. The van der Waals surface area contributed by atoms with Crippen LogP contribution >= 0.6 is 0 Å².